The van der Waals surface area contributed by atoms with E-state index in [2.05, 4.69) is 39.7 Å². The number of aliphatic imine (C=N–C) groups is 1. The summed E-state index contributed by atoms with van der Waals surface area (Å²) in [5.74, 6) is 1.84. The summed E-state index contributed by atoms with van der Waals surface area (Å²) < 4.78 is 0. The molecule has 19 heavy (non-hydrogen) atoms. The predicted octanol–water partition coefficient (Wildman–Crippen LogP) is 1.60. The van der Waals surface area contributed by atoms with E-state index in [0.29, 0.717) is 6.04 Å². The van der Waals surface area contributed by atoms with Crippen LogP contribution in [-0.2, 0) is 0 Å². The minimum Gasteiger partial charge on any atom is -0.356 e. The maximum absolute atomic E-state index is 4.30. The lowest BCUT2D eigenvalue weighted by molar-refractivity contribution is 0.213. The Labute approximate surface area is 117 Å². The van der Waals surface area contributed by atoms with Crippen molar-refractivity contribution in [3.05, 3.63) is 12.2 Å². The van der Waals surface area contributed by atoms with Crippen molar-refractivity contribution in [2.75, 3.05) is 33.7 Å². The van der Waals surface area contributed by atoms with E-state index in [4.69, 9.17) is 0 Å². The minimum absolute atomic E-state index is 0.537. The van der Waals surface area contributed by atoms with Crippen LogP contribution >= 0.6 is 0 Å². The number of nitrogens with one attached hydrogen (secondary N) is 2. The first-order valence-electron chi connectivity index (χ1n) is 7.58. The number of nitrogens with zero attached hydrogens (tertiary/aromatic N) is 2. The lowest BCUT2D eigenvalue weighted by Gasteiger charge is -2.29. The highest BCUT2D eigenvalue weighted by Gasteiger charge is 2.16. The molecule has 0 atom stereocenters. The Morgan fingerprint density at radius 1 is 1.26 bits per heavy atom. The summed E-state index contributed by atoms with van der Waals surface area (Å²) in [6.45, 7) is 3.55. The van der Waals surface area contributed by atoms with E-state index in [1.54, 1.807) is 0 Å². The molecule has 4 heteroatoms. The molecule has 0 bridgehead atoms. The third kappa shape index (κ3) is 4.86. The van der Waals surface area contributed by atoms with Gasteiger partial charge in [0.2, 0.25) is 0 Å². The van der Waals surface area contributed by atoms with E-state index in [1.165, 1.54) is 32.4 Å². The SMILES string of the molecule is CN=C(NCCC1CCN(C)CC1)NC1CC=CC1. The van der Waals surface area contributed by atoms with Crippen molar-refractivity contribution >= 4 is 5.96 Å². The van der Waals surface area contributed by atoms with Crippen LogP contribution in [-0.4, -0.2) is 50.6 Å². The predicted molar refractivity (Wildman–Crippen MR) is 81.5 cm³/mol. The quantitative estimate of drug-likeness (QED) is 0.460. The Balaban J connectivity index is 1.60. The minimum atomic E-state index is 0.537. The molecule has 0 aromatic heterocycles. The van der Waals surface area contributed by atoms with Crippen molar-refractivity contribution in [1.82, 2.24) is 15.5 Å². The van der Waals surface area contributed by atoms with Crippen molar-refractivity contribution < 1.29 is 0 Å². The fraction of sp³-hybridized carbons (Fsp3) is 0.800. The average Bonchev–Trinajstić information content (AvgIpc) is 2.93. The molecular formula is C15H28N4. The highest BCUT2D eigenvalue weighted by atomic mass is 15.2. The number of guanidine groups is 1. The molecule has 0 aromatic rings. The summed E-state index contributed by atoms with van der Waals surface area (Å²) in [5.41, 5.74) is 0. The second kappa shape index (κ2) is 7.53. The lowest BCUT2D eigenvalue weighted by atomic mass is 9.94. The van der Waals surface area contributed by atoms with E-state index in [9.17, 15) is 0 Å². The molecule has 2 rings (SSSR count). The van der Waals surface area contributed by atoms with Gasteiger partial charge in [0.15, 0.2) is 5.96 Å². The fourth-order valence-electron chi connectivity index (χ4n) is 2.87. The van der Waals surface area contributed by atoms with Crippen LogP contribution in [0.4, 0.5) is 0 Å². The summed E-state index contributed by atoms with van der Waals surface area (Å²) in [5, 5.41) is 6.93. The number of rotatable bonds is 4. The molecule has 4 nitrogen and oxygen atoms in total. The van der Waals surface area contributed by atoms with Gasteiger partial charge in [0.05, 0.1) is 0 Å². The van der Waals surface area contributed by atoms with E-state index >= 15 is 0 Å². The summed E-state index contributed by atoms with van der Waals surface area (Å²) in [4.78, 5) is 6.73. The largest absolute Gasteiger partial charge is 0.356 e. The molecule has 2 aliphatic rings. The molecule has 1 heterocycles. The Morgan fingerprint density at radius 3 is 2.58 bits per heavy atom. The van der Waals surface area contributed by atoms with Gasteiger partial charge in [0.25, 0.3) is 0 Å². The van der Waals surface area contributed by atoms with Crippen molar-refractivity contribution in [2.45, 2.75) is 38.1 Å². The van der Waals surface area contributed by atoms with E-state index in [-0.39, 0.29) is 0 Å². The molecule has 108 valence electrons. The third-order valence-corrected chi connectivity index (χ3v) is 4.26. The molecule has 0 spiro atoms. The fourth-order valence-corrected chi connectivity index (χ4v) is 2.87. The van der Waals surface area contributed by atoms with Gasteiger partial charge in [-0.05, 0) is 58.2 Å². The van der Waals surface area contributed by atoms with Gasteiger partial charge >= 0.3 is 0 Å². The zero-order valence-electron chi connectivity index (χ0n) is 12.4. The molecule has 1 saturated heterocycles. The number of piperidine rings is 1. The van der Waals surface area contributed by atoms with Gasteiger partial charge in [-0.1, -0.05) is 12.2 Å². The molecule has 1 aliphatic heterocycles. The Bertz CT molecular complexity index is 308. The molecule has 0 saturated carbocycles. The van der Waals surface area contributed by atoms with Crippen molar-refractivity contribution in [1.29, 1.82) is 0 Å². The topological polar surface area (TPSA) is 39.7 Å². The van der Waals surface area contributed by atoms with E-state index in [0.717, 1.165) is 31.3 Å². The van der Waals surface area contributed by atoms with Crippen LogP contribution in [0.5, 0.6) is 0 Å². The molecule has 0 amide bonds. The lowest BCUT2D eigenvalue weighted by Crippen LogP contribution is -2.43. The molecule has 1 fully saturated rings. The zero-order chi connectivity index (χ0) is 13.5. The van der Waals surface area contributed by atoms with Crippen LogP contribution in [0.15, 0.2) is 17.1 Å². The van der Waals surface area contributed by atoms with E-state index in [1.807, 2.05) is 7.05 Å². The van der Waals surface area contributed by atoms with Crippen molar-refractivity contribution in [2.24, 2.45) is 10.9 Å². The highest BCUT2D eigenvalue weighted by Crippen LogP contribution is 2.18. The summed E-state index contributed by atoms with van der Waals surface area (Å²) in [6.07, 6.45) is 10.7. The smallest absolute Gasteiger partial charge is 0.191 e. The first-order valence-corrected chi connectivity index (χ1v) is 7.58. The van der Waals surface area contributed by atoms with Crippen LogP contribution < -0.4 is 10.6 Å². The maximum Gasteiger partial charge on any atom is 0.191 e. The average molecular weight is 264 g/mol. The van der Waals surface area contributed by atoms with Gasteiger partial charge in [-0.15, -0.1) is 0 Å². The van der Waals surface area contributed by atoms with Gasteiger partial charge in [-0.2, -0.15) is 0 Å². The number of hydrogen-bond donors (Lipinski definition) is 2. The molecule has 2 N–H and O–H groups in total. The van der Waals surface area contributed by atoms with Crippen LogP contribution in [0.3, 0.4) is 0 Å². The summed E-state index contributed by atoms with van der Waals surface area (Å²) in [6, 6.07) is 0.537. The Kier molecular flexibility index (Phi) is 5.70. The van der Waals surface area contributed by atoms with Gasteiger partial charge < -0.3 is 15.5 Å². The normalized spacial score (nSPS) is 22.9. The molecule has 0 aromatic carbocycles. The summed E-state index contributed by atoms with van der Waals surface area (Å²) >= 11 is 0. The van der Waals surface area contributed by atoms with Crippen molar-refractivity contribution in [3.63, 3.8) is 0 Å². The second-order valence-electron chi connectivity index (χ2n) is 5.82. The molecule has 0 unspecified atom stereocenters. The Hall–Kier alpha value is -1.03. The number of hydrogen-bond acceptors (Lipinski definition) is 2. The van der Waals surface area contributed by atoms with Gasteiger partial charge in [0, 0.05) is 19.6 Å². The monoisotopic (exact) mass is 264 g/mol. The standard InChI is InChI=1S/C15H28N4/c1-16-15(18-14-5-3-4-6-14)17-10-7-13-8-11-19(2)12-9-13/h3-4,13-14H,5-12H2,1-2H3,(H2,16,17,18). The van der Waals surface area contributed by atoms with Crippen LogP contribution in [0.2, 0.25) is 0 Å². The number of likely N-dealkylation sites (tertiary alicyclic amines) is 1. The highest BCUT2D eigenvalue weighted by molar-refractivity contribution is 5.80. The molecule has 0 radical (unpaired) electrons. The third-order valence-electron chi connectivity index (χ3n) is 4.26. The van der Waals surface area contributed by atoms with Gasteiger partial charge in [-0.25, -0.2) is 0 Å². The van der Waals surface area contributed by atoms with Crippen LogP contribution in [0, 0.1) is 5.92 Å². The summed E-state index contributed by atoms with van der Waals surface area (Å²) in [7, 11) is 4.07. The second-order valence-corrected chi connectivity index (χ2v) is 5.82. The van der Waals surface area contributed by atoms with Crippen LogP contribution in [0.1, 0.15) is 32.1 Å². The molecular weight excluding hydrogens is 236 g/mol. The van der Waals surface area contributed by atoms with Crippen molar-refractivity contribution in [3.8, 4) is 0 Å². The first kappa shape index (κ1) is 14.4. The maximum atomic E-state index is 4.30. The Morgan fingerprint density at radius 2 is 1.95 bits per heavy atom. The van der Waals surface area contributed by atoms with Gasteiger partial charge in [0.1, 0.15) is 0 Å². The van der Waals surface area contributed by atoms with Gasteiger partial charge in [-0.3, -0.25) is 4.99 Å². The first-order chi connectivity index (χ1) is 9.28. The van der Waals surface area contributed by atoms with E-state index < -0.39 is 0 Å². The zero-order valence-corrected chi connectivity index (χ0v) is 12.4. The molecule has 1 aliphatic carbocycles. The van der Waals surface area contributed by atoms with Crippen LogP contribution in [0.25, 0.3) is 0 Å².